The number of halogens is 1. The van der Waals surface area contributed by atoms with Crippen molar-refractivity contribution < 1.29 is 9.59 Å². The molecule has 4 rings (SSSR count). The number of carbonyl (C=O) groups excluding carboxylic acids is 2. The molecular weight excluding hydrogens is 396 g/mol. The average Bonchev–Trinajstić information content (AvgIpc) is 3.31. The largest absolute Gasteiger partial charge is 0.312 e. The molecule has 2 aromatic rings. The van der Waals surface area contributed by atoms with Crippen molar-refractivity contribution in [2.24, 2.45) is 5.92 Å². The molecule has 2 fully saturated rings. The maximum Gasteiger partial charge on any atom is 0.229 e. The Hall–Kier alpha value is -1.99. The van der Waals surface area contributed by atoms with Crippen LogP contribution < -0.4 is 10.2 Å². The van der Waals surface area contributed by atoms with Crippen molar-refractivity contribution in [1.29, 1.82) is 0 Å². The number of aromatic nitrogens is 2. The Balaban J connectivity index is 1.42. The molecule has 1 saturated carbocycles. The van der Waals surface area contributed by atoms with Crippen LogP contribution in [0.5, 0.6) is 0 Å². The second-order valence-electron chi connectivity index (χ2n) is 7.61. The number of carbonyl (C=O) groups is 2. The Morgan fingerprint density at radius 3 is 2.79 bits per heavy atom. The van der Waals surface area contributed by atoms with Crippen molar-refractivity contribution in [3.05, 3.63) is 33.8 Å². The van der Waals surface area contributed by atoms with Crippen LogP contribution >= 0.6 is 22.9 Å². The molecule has 1 unspecified atom stereocenters. The highest BCUT2D eigenvalue weighted by molar-refractivity contribution is 7.15. The molecule has 6 nitrogen and oxygen atoms in total. The van der Waals surface area contributed by atoms with Crippen LogP contribution in [0.15, 0.2) is 18.2 Å². The van der Waals surface area contributed by atoms with E-state index < -0.39 is 0 Å². The number of hydrogen-bond donors (Lipinski definition) is 1. The number of benzene rings is 1. The Morgan fingerprint density at radius 1 is 1.25 bits per heavy atom. The summed E-state index contributed by atoms with van der Waals surface area (Å²) in [6.07, 6.45) is 5.72. The van der Waals surface area contributed by atoms with E-state index in [4.69, 9.17) is 11.6 Å². The minimum absolute atomic E-state index is 0.0228. The van der Waals surface area contributed by atoms with Gasteiger partial charge in [-0.05, 0) is 37.5 Å². The first-order valence-corrected chi connectivity index (χ1v) is 10.9. The zero-order valence-electron chi connectivity index (χ0n) is 15.8. The van der Waals surface area contributed by atoms with Crippen LogP contribution in [0.4, 0.5) is 10.8 Å². The van der Waals surface area contributed by atoms with E-state index in [2.05, 4.69) is 15.5 Å². The quantitative estimate of drug-likeness (QED) is 0.790. The molecule has 148 valence electrons. The topological polar surface area (TPSA) is 75.2 Å². The molecule has 1 aromatic heterocycles. The highest BCUT2D eigenvalue weighted by Gasteiger charge is 2.34. The van der Waals surface area contributed by atoms with E-state index in [1.54, 1.807) is 4.90 Å². The van der Waals surface area contributed by atoms with Gasteiger partial charge in [0.05, 0.1) is 0 Å². The van der Waals surface area contributed by atoms with Crippen LogP contribution in [0.3, 0.4) is 0 Å². The Morgan fingerprint density at radius 2 is 2.04 bits per heavy atom. The summed E-state index contributed by atoms with van der Waals surface area (Å²) < 4.78 is 0. The third-order valence-corrected chi connectivity index (χ3v) is 7.00. The van der Waals surface area contributed by atoms with E-state index in [1.807, 2.05) is 25.1 Å². The van der Waals surface area contributed by atoms with Crippen molar-refractivity contribution in [2.45, 2.75) is 51.4 Å². The van der Waals surface area contributed by atoms with Crippen LogP contribution in [0, 0.1) is 12.8 Å². The second kappa shape index (κ2) is 8.17. The van der Waals surface area contributed by atoms with Crippen LogP contribution in [0.1, 0.15) is 55.0 Å². The van der Waals surface area contributed by atoms with Gasteiger partial charge < -0.3 is 10.2 Å². The van der Waals surface area contributed by atoms with Crippen molar-refractivity contribution >= 4 is 45.6 Å². The number of nitrogens with zero attached hydrogens (tertiary/aromatic N) is 3. The number of rotatable bonds is 4. The summed E-state index contributed by atoms with van der Waals surface area (Å²) in [5, 5.41) is 13.2. The molecule has 1 aliphatic carbocycles. The smallest absolute Gasteiger partial charge is 0.229 e. The van der Waals surface area contributed by atoms with Gasteiger partial charge in [0.25, 0.3) is 0 Å². The summed E-state index contributed by atoms with van der Waals surface area (Å²) >= 11 is 7.58. The van der Waals surface area contributed by atoms with Crippen LogP contribution in [-0.4, -0.2) is 28.6 Å². The highest BCUT2D eigenvalue weighted by atomic mass is 35.5. The molecule has 0 bridgehead atoms. The van der Waals surface area contributed by atoms with E-state index in [-0.39, 0.29) is 23.7 Å². The molecule has 2 amide bonds. The van der Waals surface area contributed by atoms with Crippen molar-refractivity contribution in [2.75, 3.05) is 16.8 Å². The molecule has 1 aliphatic heterocycles. The fourth-order valence-electron chi connectivity index (χ4n) is 3.89. The Kier molecular flexibility index (Phi) is 5.64. The number of hydrogen-bond acceptors (Lipinski definition) is 5. The first-order valence-electron chi connectivity index (χ1n) is 9.72. The van der Waals surface area contributed by atoms with E-state index in [9.17, 15) is 9.59 Å². The number of nitrogens with one attached hydrogen (secondary N) is 1. The molecule has 1 atom stereocenters. The van der Waals surface area contributed by atoms with E-state index in [0.717, 1.165) is 41.9 Å². The zero-order chi connectivity index (χ0) is 19.7. The van der Waals surface area contributed by atoms with Crippen molar-refractivity contribution in [3.8, 4) is 0 Å². The van der Waals surface area contributed by atoms with E-state index >= 15 is 0 Å². The second-order valence-corrected chi connectivity index (χ2v) is 9.02. The lowest BCUT2D eigenvalue weighted by molar-refractivity contribution is -0.120. The summed E-state index contributed by atoms with van der Waals surface area (Å²) in [6.45, 7) is 2.48. The lowest BCUT2D eigenvalue weighted by Gasteiger charge is -2.19. The number of anilines is 2. The molecule has 0 radical (unpaired) electrons. The van der Waals surface area contributed by atoms with Gasteiger partial charge in [0.1, 0.15) is 5.01 Å². The zero-order valence-corrected chi connectivity index (χ0v) is 17.4. The summed E-state index contributed by atoms with van der Waals surface area (Å²) in [4.78, 5) is 26.7. The van der Waals surface area contributed by atoms with Crippen LogP contribution in [0.25, 0.3) is 0 Å². The van der Waals surface area contributed by atoms with Gasteiger partial charge in [-0.15, -0.1) is 10.2 Å². The van der Waals surface area contributed by atoms with Crippen LogP contribution in [0.2, 0.25) is 5.02 Å². The summed E-state index contributed by atoms with van der Waals surface area (Å²) in [5.41, 5.74) is 1.79. The summed E-state index contributed by atoms with van der Waals surface area (Å²) in [5.74, 6) is 0.148. The fraction of sp³-hybridized carbons (Fsp3) is 0.500. The Bertz CT molecular complexity index is 894. The van der Waals surface area contributed by atoms with Gasteiger partial charge in [0.15, 0.2) is 0 Å². The SMILES string of the molecule is Cc1ccc(N2CC(c3nnc(NC(=O)C4CCCCC4)s3)CC2=O)cc1Cl. The normalized spacial score (nSPS) is 20.6. The van der Waals surface area contributed by atoms with E-state index in [0.29, 0.717) is 23.1 Å². The van der Waals surface area contributed by atoms with Gasteiger partial charge in [-0.25, -0.2) is 0 Å². The first kappa shape index (κ1) is 19.3. The summed E-state index contributed by atoms with van der Waals surface area (Å²) in [7, 11) is 0. The fourth-order valence-corrected chi connectivity index (χ4v) is 4.91. The van der Waals surface area contributed by atoms with Crippen LogP contribution in [-0.2, 0) is 9.59 Å². The predicted octanol–water partition coefficient (Wildman–Crippen LogP) is 4.54. The number of amides is 2. The lowest BCUT2D eigenvalue weighted by atomic mass is 9.89. The van der Waals surface area contributed by atoms with Crippen molar-refractivity contribution in [1.82, 2.24) is 10.2 Å². The highest BCUT2D eigenvalue weighted by Crippen LogP contribution is 2.35. The molecule has 8 heteroatoms. The molecule has 1 N–H and O–H groups in total. The standard InChI is InChI=1S/C20H23ClN4O2S/c1-12-7-8-15(10-16(12)21)25-11-14(9-17(25)26)19-23-24-20(28-19)22-18(27)13-5-3-2-4-6-13/h7-8,10,13-14H,2-6,9,11H2,1H3,(H,22,24,27). The Labute approximate surface area is 173 Å². The van der Waals surface area contributed by atoms with Gasteiger partial charge >= 0.3 is 0 Å². The van der Waals surface area contributed by atoms with Gasteiger partial charge in [0.2, 0.25) is 16.9 Å². The van der Waals surface area contributed by atoms with Gasteiger partial charge in [-0.3, -0.25) is 9.59 Å². The lowest BCUT2D eigenvalue weighted by Crippen LogP contribution is -2.24. The minimum Gasteiger partial charge on any atom is -0.312 e. The molecule has 1 aromatic carbocycles. The summed E-state index contributed by atoms with van der Waals surface area (Å²) in [6, 6.07) is 5.66. The van der Waals surface area contributed by atoms with Crippen molar-refractivity contribution in [3.63, 3.8) is 0 Å². The average molecular weight is 419 g/mol. The molecule has 1 saturated heterocycles. The molecule has 28 heavy (non-hydrogen) atoms. The third-order valence-electron chi connectivity index (χ3n) is 5.59. The predicted molar refractivity (Wildman–Crippen MR) is 111 cm³/mol. The minimum atomic E-state index is -0.0228. The maximum atomic E-state index is 12.5. The third kappa shape index (κ3) is 4.05. The molecule has 0 spiro atoms. The first-order chi connectivity index (χ1) is 13.5. The van der Waals surface area contributed by atoms with Gasteiger partial charge in [-0.2, -0.15) is 0 Å². The van der Waals surface area contributed by atoms with E-state index in [1.165, 1.54) is 17.8 Å². The van der Waals surface area contributed by atoms with Gasteiger partial charge in [0, 0.05) is 35.5 Å². The molecular formula is C20H23ClN4O2S. The molecule has 2 aliphatic rings. The number of aryl methyl sites for hydroxylation is 1. The molecule has 2 heterocycles. The van der Waals surface area contributed by atoms with Gasteiger partial charge in [-0.1, -0.05) is 48.3 Å². The monoisotopic (exact) mass is 418 g/mol. The maximum absolute atomic E-state index is 12.5.